The van der Waals surface area contributed by atoms with Gasteiger partial charge in [0.2, 0.25) is 0 Å². The van der Waals surface area contributed by atoms with Crippen LogP contribution in [0.5, 0.6) is 11.5 Å². The van der Waals surface area contributed by atoms with Gasteiger partial charge in [-0.25, -0.2) is 9.07 Å². The Morgan fingerprint density at radius 1 is 1.11 bits per heavy atom. The summed E-state index contributed by atoms with van der Waals surface area (Å²) in [5, 5.41) is 39.9. The van der Waals surface area contributed by atoms with Crippen LogP contribution in [0.2, 0.25) is 0 Å². The molecule has 2 aromatic carbocycles. The summed E-state index contributed by atoms with van der Waals surface area (Å²) in [6, 6.07) is 12.8. The molecule has 4 aromatic rings. The first-order valence-electron chi connectivity index (χ1n) is 10.9. The number of fused-ring (bicyclic) bond motifs is 1. The largest absolute Gasteiger partial charge is 0.481 e. The third-order valence-electron chi connectivity index (χ3n) is 5.26. The minimum atomic E-state index is -1.12. The number of halogens is 2. The van der Waals surface area contributed by atoms with Gasteiger partial charge in [0.15, 0.2) is 23.9 Å². The van der Waals surface area contributed by atoms with Gasteiger partial charge in [0.05, 0.1) is 52.5 Å². The van der Waals surface area contributed by atoms with Gasteiger partial charge in [-0.2, -0.15) is 20.7 Å². The normalized spacial score (nSPS) is 10.5. The van der Waals surface area contributed by atoms with E-state index in [1.807, 2.05) is 12.1 Å². The van der Waals surface area contributed by atoms with Crippen LogP contribution in [0.15, 0.2) is 47.1 Å². The Morgan fingerprint density at radius 3 is 2.53 bits per heavy atom. The highest BCUT2D eigenvalue weighted by molar-refractivity contribution is 9.10. The van der Waals surface area contributed by atoms with Crippen LogP contribution in [-0.4, -0.2) is 37.0 Å². The molecule has 2 aromatic heterocycles. The third-order valence-corrected chi connectivity index (χ3v) is 5.88. The molecule has 0 aliphatic rings. The number of carbonyl (C=O) groups is 2. The predicted molar refractivity (Wildman–Crippen MR) is 131 cm³/mol. The molecule has 0 aliphatic carbocycles. The molecular formula is C25H16BrFN6O5. The highest BCUT2D eigenvalue weighted by Crippen LogP contribution is 2.36. The van der Waals surface area contributed by atoms with Gasteiger partial charge in [-0.1, -0.05) is 6.07 Å². The van der Waals surface area contributed by atoms with Gasteiger partial charge in [-0.3, -0.25) is 9.59 Å². The molecule has 38 heavy (non-hydrogen) atoms. The van der Waals surface area contributed by atoms with E-state index in [4.69, 9.17) is 14.6 Å². The molecule has 2 heterocycles. The Morgan fingerprint density at radius 2 is 1.84 bits per heavy atom. The van der Waals surface area contributed by atoms with Crippen LogP contribution in [0.1, 0.15) is 35.2 Å². The molecule has 0 saturated carbocycles. The van der Waals surface area contributed by atoms with Gasteiger partial charge in [0.25, 0.3) is 0 Å². The number of rotatable bonds is 9. The number of ether oxygens (including phenoxy) is 2. The predicted octanol–water partition coefficient (Wildman–Crippen LogP) is 4.22. The summed E-state index contributed by atoms with van der Waals surface area (Å²) in [4.78, 5) is 22.5. The van der Waals surface area contributed by atoms with E-state index in [-0.39, 0.29) is 54.2 Å². The van der Waals surface area contributed by atoms with Gasteiger partial charge in [-0.05, 0) is 51.8 Å². The van der Waals surface area contributed by atoms with Crippen LogP contribution >= 0.6 is 15.9 Å². The average Bonchev–Trinajstić information content (AvgIpc) is 3.27. The molecule has 11 nitrogen and oxygen atoms in total. The molecule has 190 valence electrons. The van der Waals surface area contributed by atoms with Crippen molar-refractivity contribution < 1.29 is 28.6 Å². The lowest BCUT2D eigenvalue weighted by molar-refractivity contribution is -0.150. The van der Waals surface area contributed by atoms with Crippen LogP contribution in [0, 0.1) is 28.5 Å². The van der Waals surface area contributed by atoms with Crippen LogP contribution in [-0.2, 0) is 27.5 Å². The minimum Gasteiger partial charge on any atom is -0.481 e. The summed E-state index contributed by atoms with van der Waals surface area (Å²) in [6.45, 7) is -0.332. The molecule has 0 fully saturated rings. The minimum absolute atomic E-state index is 0.0132. The van der Waals surface area contributed by atoms with Crippen LogP contribution in [0.25, 0.3) is 11.0 Å². The van der Waals surface area contributed by atoms with Crippen LogP contribution < -0.4 is 4.74 Å². The van der Waals surface area contributed by atoms with Crippen molar-refractivity contribution in [3.8, 4) is 23.6 Å². The molecule has 0 aliphatic heterocycles. The number of nitrogens with zero attached hydrogens (tertiary/aromatic N) is 6. The molecule has 13 heteroatoms. The second kappa shape index (κ2) is 11.5. The monoisotopic (exact) mass is 578 g/mol. The topological polar surface area (TPSA) is 164 Å². The maximum absolute atomic E-state index is 15.6. The van der Waals surface area contributed by atoms with Gasteiger partial charge in [-0.15, -0.1) is 5.10 Å². The van der Waals surface area contributed by atoms with E-state index in [0.717, 1.165) is 0 Å². The SMILES string of the molecule is N#Cc1cc(C#N)cc(Oc2c(Br)ccc(Cc3nn(COC(=O)CCC(=O)O)c4nnccc34)c2F)c1. The second-order valence-electron chi connectivity index (χ2n) is 7.85. The van der Waals surface area contributed by atoms with Crippen molar-refractivity contribution in [3.05, 3.63) is 75.3 Å². The molecule has 0 radical (unpaired) electrons. The smallest absolute Gasteiger partial charge is 0.308 e. The average molecular weight is 579 g/mol. The summed E-state index contributed by atoms with van der Waals surface area (Å²) in [5.74, 6) is -2.56. The van der Waals surface area contributed by atoms with E-state index >= 15 is 4.39 Å². The van der Waals surface area contributed by atoms with Gasteiger partial charge in [0.1, 0.15) is 5.75 Å². The second-order valence-corrected chi connectivity index (χ2v) is 8.71. The fourth-order valence-electron chi connectivity index (χ4n) is 3.51. The maximum Gasteiger partial charge on any atom is 0.308 e. The van der Waals surface area contributed by atoms with E-state index in [0.29, 0.717) is 21.2 Å². The quantitative estimate of drug-likeness (QED) is 0.284. The van der Waals surface area contributed by atoms with Crippen molar-refractivity contribution in [2.45, 2.75) is 26.0 Å². The lowest BCUT2D eigenvalue weighted by Crippen LogP contribution is -2.12. The van der Waals surface area contributed by atoms with E-state index in [2.05, 4.69) is 31.2 Å². The Kier molecular flexibility index (Phi) is 7.89. The third kappa shape index (κ3) is 5.91. The molecule has 0 saturated heterocycles. The number of aromatic nitrogens is 4. The molecule has 0 bridgehead atoms. The summed E-state index contributed by atoms with van der Waals surface area (Å²) >= 11 is 3.28. The first kappa shape index (κ1) is 26.2. The standard InChI is InChI=1S/C25H16BrFN6O5/c26-19-2-1-16(23(27)24(19)38-17-8-14(11-28)7-15(9-17)12-29)10-20-18-5-6-30-31-25(18)33(32-20)13-37-22(36)4-3-21(34)35/h1-2,5-9H,3-4,10,13H2,(H,34,35). The number of hydrogen-bond donors (Lipinski definition) is 1. The molecule has 4 rings (SSSR count). The maximum atomic E-state index is 15.6. The molecule has 0 unspecified atom stereocenters. The molecule has 1 N–H and O–H groups in total. The van der Waals surface area contributed by atoms with Crippen molar-refractivity contribution in [3.63, 3.8) is 0 Å². The van der Waals surface area contributed by atoms with E-state index < -0.39 is 17.8 Å². The zero-order valence-corrected chi connectivity index (χ0v) is 21.0. The zero-order chi connectivity index (χ0) is 27.2. The van der Waals surface area contributed by atoms with E-state index in [9.17, 15) is 20.1 Å². The fourth-order valence-corrected chi connectivity index (χ4v) is 3.90. The fraction of sp³-hybridized carbons (Fsp3) is 0.160. The number of nitriles is 2. The lowest BCUT2D eigenvalue weighted by Gasteiger charge is -2.12. The highest BCUT2D eigenvalue weighted by Gasteiger charge is 2.20. The van der Waals surface area contributed by atoms with Gasteiger partial charge < -0.3 is 14.6 Å². The number of hydrogen-bond acceptors (Lipinski definition) is 9. The summed E-state index contributed by atoms with van der Waals surface area (Å²) in [5.41, 5.74) is 1.31. The first-order valence-corrected chi connectivity index (χ1v) is 11.7. The summed E-state index contributed by atoms with van der Waals surface area (Å²) in [7, 11) is 0. The zero-order valence-electron chi connectivity index (χ0n) is 19.4. The summed E-state index contributed by atoms with van der Waals surface area (Å²) < 4.78 is 28.0. The highest BCUT2D eigenvalue weighted by atomic mass is 79.9. The number of benzene rings is 2. The molecule has 0 atom stereocenters. The number of carboxylic acids is 1. The molecule has 0 amide bonds. The Hall–Kier alpha value is -4.88. The van der Waals surface area contributed by atoms with Gasteiger partial charge in [0, 0.05) is 11.8 Å². The van der Waals surface area contributed by atoms with Crippen LogP contribution in [0.4, 0.5) is 4.39 Å². The number of aliphatic carboxylic acids is 1. The van der Waals surface area contributed by atoms with E-state index in [1.165, 1.54) is 29.1 Å². The Balaban J connectivity index is 1.61. The van der Waals surface area contributed by atoms with Crippen molar-refractivity contribution >= 4 is 38.9 Å². The van der Waals surface area contributed by atoms with Crippen LogP contribution in [0.3, 0.4) is 0 Å². The number of esters is 1. The van der Waals surface area contributed by atoms with Crippen molar-refractivity contribution in [2.24, 2.45) is 0 Å². The van der Waals surface area contributed by atoms with Crippen molar-refractivity contribution in [2.75, 3.05) is 0 Å². The first-order chi connectivity index (χ1) is 18.3. The number of carbonyl (C=O) groups excluding carboxylic acids is 1. The van der Waals surface area contributed by atoms with E-state index in [1.54, 1.807) is 18.2 Å². The van der Waals surface area contributed by atoms with Crippen molar-refractivity contribution in [1.82, 2.24) is 20.0 Å². The molecule has 0 spiro atoms. The van der Waals surface area contributed by atoms with Crippen molar-refractivity contribution in [1.29, 1.82) is 10.5 Å². The lowest BCUT2D eigenvalue weighted by atomic mass is 10.1. The number of carboxylic acid groups (broad SMARTS) is 1. The Labute approximate surface area is 222 Å². The summed E-state index contributed by atoms with van der Waals surface area (Å²) in [6.07, 6.45) is 0.792. The molecular weight excluding hydrogens is 563 g/mol. The van der Waals surface area contributed by atoms with Gasteiger partial charge >= 0.3 is 11.9 Å². The Bertz CT molecular complexity index is 1610.